The molecule has 1 amide bonds. The number of hydrogen-bond acceptors (Lipinski definition) is 7. The van der Waals surface area contributed by atoms with Crippen LogP contribution < -0.4 is 19.5 Å². The largest absolute Gasteiger partial charge is 0.497 e. The average Bonchev–Trinajstić information content (AvgIpc) is 2.85. The first-order valence-electron chi connectivity index (χ1n) is 11.5. The zero-order chi connectivity index (χ0) is 24.3. The topological polar surface area (TPSA) is 83.5 Å². The summed E-state index contributed by atoms with van der Waals surface area (Å²) >= 11 is 6.16. The monoisotopic (exact) mass is 491 g/mol. The molecule has 8 nitrogen and oxygen atoms in total. The molecule has 2 aromatic carbocycles. The number of aliphatic hydroxyl groups is 1. The number of amides is 1. The maximum absolute atomic E-state index is 12.3. The van der Waals surface area contributed by atoms with E-state index in [1.807, 2.05) is 24.3 Å². The summed E-state index contributed by atoms with van der Waals surface area (Å²) in [4.78, 5) is 16.6. The molecule has 0 spiro atoms. The number of piperazine rings is 1. The van der Waals surface area contributed by atoms with Gasteiger partial charge in [0.1, 0.15) is 18.5 Å². The lowest BCUT2D eigenvalue weighted by Gasteiger charge is -2.35. The van der Waals surface area contributed by atoms with Gasteiger partial charge in [0.25, 0.3) is 0 Å². The van der Waals surface area contributed by atoms with Crippen molar-refractivity contribution in [1.82, 2.24) is 15.1 Å². The Morgan fingerprint density at radius 2 is 1.79 bits per heavy atom. The van der Waals surface area contributed by atoms with Crippen LogP contribution in [-0.2, 0) is 11.2 Å². The van der Waals surface area contributed by atoms with E-state index in [1.54, 1.807) is 32.4 Å². The first kappa shape index (κ1) is 26.1. The summed E-state index contributed by atoms with van der Waals surface area (Å²) in [5.41, 5.74) is 1.03. The molecule has 0 saturated carbocycles. The molecule has 1 unspecified atom stereocenters. The van der Waals surface area contributed by atoms with E-state index in [-0.39, 0.29) is 12.5 Å². The van der Waals surface area contributed by atoms with E-state index >= 15 is 0 Å². The summed E-state index contributed by atoms with van der Waals surface area (Å²) in [5.74, 6) is 1.80. The fraction of sp³-hybridized carbons (Fsp3) is 0.480. The van der Waals surface area contributed by atoms with Gasteiger partial charge in [0, 0.05) is 50.4 Å². The highest BCUT2D eigenvalue weighted by molar-refractivity contribution is 6.31. The smallest absolute Gasteiger partial charge is 0.234 e. The molecule has 2 N–H and O–H groups in total. The highest BCUT2D eigenvalue weighted by Gasteiger charge is 2.21. The summed E-state index contributed by atoms with van der Waals surface area (Å²) in [5, 5.41) is 14.1. The molecule has 1 fully saturated rings. The number of nitrogens with one attached hydrogen (secondary N) is 1. The van der Waals surface area contributed by atoms with Crippen molar-refractivity contribution in [3.8, 4) is 17.2 Å². The standard InChI is InChI=1S/C25H34ClN3O5/c1-32-21-7-8-23(33-2)24(15-21)34-18-20(30)16-28-11-13-29(14-12-28)17-25(31)27-10-9-19-5-3-4-6-22(19)26/h3-8,15,20,30H,9-14,16-18H2,1-2H3,(H,27,31). The molecule has 1 aliphatic heterocycles. The first-order valence-corrected chi connectivity index (χ1v) is 11.8. The van der Waals surface area contributed by atoms with Crippen LogP contribution in [0.15, 0.2) is 42.5 Å². The van der Waals surface area contributed by atoms with E-state index in [4.69, 9.17) is 25.8 Å². The van der Waals surface area contributed by atoms with Crippen molar-refractivity contribution in [2.24, 2.45) is 0 Å². The van der Waals surface area contributed by atoms with Crippen LogP contribution in [0.25, 0.3) is 0 Å². The number of ether oxygens (including phenoxy) is 3. The van der Waals surface area contributed by atoms with Crippen molar-refractivity contribution in [3.05, 3.63) is 53.1 Å². The third-order valence-corrected chi connectivity index (χ3v) is 6.15. The van der Waals surface area contributed by atoms with Gasteiger partial charge in [-0.25, -0.2) is 0 Å². The number of nitrogens with zero attached hydrogens (tertiary/aromatic N) is 2. The Balaban J connectivity index is 1.33. The third kappa shape index (κ3) is 8.06. The van der Waals surface area contributed by atoms with Crippen molar-refractivity contribution in [2.45, 2.75) is 12.5 Å². The Morgan fingerprint density at radius 3 is 2.50 bits per heavy atom. The van der Waals surface area contributed by atoms with E-state index in [0.717, 1.165) is 36.8 Å². The van der Waals surface area contributed by atoms with Crippen LogP contribution in [-0.4, -0.2) is 93.6 Å². The predicted octanol–water partition coefficient (Wildman–Crippen LogP) is 2.07. The normalized spacial score (nSPS) is 15.5. The maximum atomic E-state index is 12.3. The molecule has 9 heteroatoms. The Bertz CT molecular complexity index is 921. The number of β-amino-alcohol motifs (C(OH)–C–C–N with tert-alkyl or cyclic N) is 1. The van der Waals surface area contributed by atoms with Crippen LogP contribution in [0.4, 0.5) is 0 Å². The lowest BCUT2D eigenvalue weighted by molar-refractivity contribution is -0.122. The van der Waals surface area contributed by atoms with Gasteiger partial charge < -0.3 is 24.6 Å². The Labute approximate surface area is 206 Å². The molecule has 1 aliphatic rings. The number of aliphatic hydroxyl groups excluding tert-OH is 1. The van der Waals surface area contributed by atoms with Crippen molar-refractivity contribution >= 4 is 17.5 Å². The van der Waals surface area contributed by atoms with E-state index in [0.29, 0.717) is 43.3 Å². The second kappa shape index (κ2) is 13.4. The van der Waals surface area contributed by atoms with Gasteiger partial charge in [-0.2, -0.15) is 0 Å². The van der Waals surface area contributed by atoms with Crippen LogP contribution in [0, 0.1) is 0 Å². The Hall–Kier alpha value is -2.52. The summed E-state index contributed by atoms with van der Waals surface area (Å²) < 4.78 is 16.3. The summed E-state index contributed by atoms with van der Waals surface area (Å²) in [6, 6.07) is 13.0. The fourth-order valence-electron chi connectivity index (χ4n) is 3.86. The van der Waals surface area contributed by atoms with Crippen LogP contribution in [0.5, 0.6) is 17.2 Å². The van der Waals surface area contributed by atoms with Crippen LogP contribution in [0.1, 0.15) is 5.56 Å². The number of carbonyl (C=O) groups is 1. The van der Waals surface area contributed by atoms with Gasteiger partial charge in [0.05, 0.1) is 20.8 Å². The molecule has 0 aliphatic carbocycles. The van der Waals surface area contributed by atoms with Crippen molar-refractivity contribution in [2.75, 3.05) is 66.6 Å². The molecule has 34 heavy (non-hydrogen) atoms. The summed E-state index contributed by atoms with van der Waals surface area (Å²) in [6.07, 6.45) is 0.0661. The Kier molecular flexibility index (Phi) is 10.3. The molecule has 3 rings (SSSR count). The second-order valence-corrected chi connectivity index (χ2v) is 8.66. The highest BCUT2D eigenvalue weighted by Crippen LogP contribution is 2.31. The second-order valence-electron chi connectivity index (χ2n) is 8.25. The molecular weight excluding hydrogens is 458 g/mol. The highest BCUT2D eigenvalue weighted by atomic mass is 35.5. The van der Waals surface area contributed by atoms with E-state index in [9.17, 15) is 9.90 Å². The molecule has 186 valence electrons. The minimum atomic E-state index is -0.643. The summed E-state index contributed by atoms with van der Waals surface area (Å²) in [6.45, 7) is 4.70. The minimum absolute atomic E-state index is 0.0150. The van der Waals surface area contributed by atoms with Gasteiger partial charge in [0.15, 0.2) is 11.5 Å². The third-order valence-electron chi connectivity index (χ3n) is 5.78. The van der Waals surface area contributed by atoms with Gasteiger partial charge in [-0.15, -0.1) is 0 Å². The van der Waals surface area contributed by atoms with Crippen molar-refractivity contribution in [1.29, 1.82) is 0 Å². The predicted molar refractivity (Wildman–Crippen MR) is 132 cm³/mol. The zero-order valence-electron chi connectivity index (χ0n) is 19.8. The van der Waals surface area contributed by atoms with Gasteiger partial charge in [-0.05, 0) is 30.2 Å². The molecule has 0 radical (unpaired) electrons. The lowest BCUT2D eigenvalue weighted by atomic mass is 10.1. The number of carbonyl (C=O) groups excluding carboxylic acids is 1. The van der Waals surface area contributed by atoms with E-state index in [2.05, 4.69) is 15.1 Å². The summed E-state index contributed by atoms with van der Waals surface area (Å²) in [7, 11) is 3.16. The molecule has 2 aromatic rings. The van der Waals surface area contributed by atoms with Crippen LogP contribution >= 0.6 is 11.6 Å². The van der Waals surface area contributed by atoms with E-state index < -0.39 is 6.10 Å². The number of benzene rings is 2. The van der Waals surface area contributed by atoms with Gasteiger partial charge in [-0.1, -0.05) is 29.8 Å². The first-order chi connectivity index (χ1) is 16.5. The number of rotatable bonds is 12. The van der Waals surface area contributed by atoms with Gasteiger partial charge in [-0.3, -0.25) is 14.6 Å². The quantitative estimate of drug-likeness (QED) is 0.470. The number of methoxy groups -OCH3 is 2. The molecule has 0 bridgehead atoms. The molecule has 1 atom stereocenters. The Morgan fingerprint density at radius 1 is 1.06 bits per heavy atom. The van der Waals surface area contributed by atoms with Gasteiger partial charge in [0.2, 0.25) is 5.91 Å². The molecule has 0 aromatic heterocycles. The van der Waals surface area contributed by atoms with Crippen molar-refractivity contribution in [3.63, 3.8) is 0 Å². The van der Waals surface area contributed by atoms with Gasteiger partial charge >= 0.3 is 0 Å². The molecule has 1 heterocycles. The van der Waals surface area contributed by atoms with Crippen LogP contribution in [0.3, 0.4) is 0 Å². The molecular formula is C25H34ClN3O5. The lowest BCUT2D eigenvalue weighted by Crippen LogP contribution is -2.51. The maximum Gasteiger partial charge on any atom is 0.234 e. The van der Waals surface area contributed by atoms with E-state index in [1.165, 1.54) is 0 Å². The number of hydrogen-bond donors (Lipinski definition) is 2. The minimum Gasteiger partial charge on any atom is -0.497 e. The zero-order valence-corrected chi connectivity index (χ0v) is 20.6. The van der Waals surface area contributed by atoms with Crippen LogP contribution in [0.2, 0.25) is 5.02 Å². The SMILES string of the molecule is COc1ccc(OC)c(OCC(O)CN2CCN(CC(=O)NCCc3ccccc3Cl)CC2)c1. The fourth-order valence-corrected chi connectivity index (χ4v) is 4.09. The molecule has 1 saturated heterocycles. The number of halogens is 1. The average molecular weight is 492 g/mol. The van der Waals surface area contributed by atoms with Crippen molar-refractivity contribution < 1.29 is 24.1 Å².